The van der Waals surface area contributed by atoms with E-state index in [1.165, 1.54) is 11.8 Å². The molecule has 0 aliphatic heterocycles. The zero-order valence-electron chi connectivity index (χ0n) is 15.2. The van der Waals surface area contributed by atoms with Crippen LogP contribution in [0.3, 0.4) is 0 Å². The van der Waals surface area contributed by atoms with Crippen molar-refractivity contribution in [1.82, 2.24) is 10.6 Å². The number of hydrogen-bond donors (Lipinski definition) is 2. The molecule has 1 rings (SSSR count). The largest absolute Gasteiger partial charge is 0.489 e. The number of aliphatic imine (C=N–C) groups is 1. The third-order valence-electron chi connectivity index (χ3n) is 3.44. The molecule has 0 spiro atoms. The van der Waals surface area contributed by atoms with Gasteiger partial charge in [0, 0.05) is 19.3 Å². The van der Waals surface area contributed by atoms with Crippen molar-refractivity contribution in [2.24, 2.45) is 4.99 Å². The standard InChI is InChI=1S/C17H29N3O3S/c1-13-6-8-16(9-7-13)23-15(3)12-19-17(18-4)20-14(2)10-11-24(5,21)22/h6-9,14-15H,10-12H2,1-5H3,(H2,18,19,20). The van der Waals surface area contributed by atoms with Gasteiger partial charge >= 0.3 is 0 Å². The number of nitrogens with one attached hydrogen (secondary N) is 2. The number of hydrogen-bond acceptors (Lipinski definition) is 4. The van der Waals surface area contributed by atoms with Gasteiger partial charge in [-0.3, -0.25) is 4.99 Å². The summed E-state index contributed by atoms with van der Waals surface area (Å²) >= 11 is 0. The molecule has 2 atom stereocenters. The molecule has 0 saturated heterocycles. The molecule has 0 aliphatic carbocycles. The Kier molecular flexibility index (Phi) is 8.04. The minimum atomic E-state index is -2.95. The lowest BCUT2D eigenvalue weighted by molar-refractivity contribution is 0.223. The van der Waals surface area contributed by atoms with Crippen molar-refractivity contribution in [3.8, 4) is 5.75 Å². The smallest absolute Gasteiger partial charge is 0.191 e. The van der Waals surface area contributed by atoms with Gasteiger partial charge in [0.25, 0.3) is 0 Å². The van der Waals surface area contributed by atoms with Crippen LogP contribution in [0.1, 0.15) is 25.8 Å². The van der Waals surface area contributed by atoms with Crippen LogP contribution in [-0.4, -0.2) is 52.1 Å². The minimum absolute atomic E-state index is 0.0132. The normalized spacial score (nSPS) is 14.8. The van der Waals surface area contributed by atoms with E-state index in [4.69, 9.17) is 4.74 Å². The van der Waals surface area contributed by atoms with Gasteiger partial charge in [-0.1, -0.05) is 17.7 Å². The Morgan fingerprint density at radius 1 is 1.25 bits per heavy atom. The van der Waals surface area contributed by atoms with E-state index in [0.717, 1.165) is 5.75 Å². The van der Waals surface area contributed by atoms with Crippen LogP contribution >= 0.6 is 0 Å². The molecule has 0 saturated carbocycles. The molecule has 136 valence electrons. The first kappa shape index (κ1) is 20.3. The molecule has 0 heterocycles. The minimum Gasteiger partial charge on any atom is -0.489 e. The summed E-state index contributed by atoms with van der Waals surface area (Å²) in [6, 6.07) is 7.94. The summed E-state index contributed by atoms with van der Waals surface area (Å²) in [4.78, 5) is 4.15. The molecule has 2 N–H and O–H groups in total. The van der Waals surface area contributed by atoms with E-state index in [-0.39, 0.29) is 17.9 Å². The summed E-state index contributed by atoms with van der Waals surface area (Å²) in [7, 11) is -1.26. The van der Waals surface area contributed by atoms with Crippen LogP contribution in [0, 0.1) is 6.92 Å². The maximum Gasteiger partial charge on any atom is 0.191 e. The van der Waals surface area contributed by atoms with Gasteiger partial charge in [0.1, 0.15) is 21.7 Å². The molecule has 1 aromatic rings. The highest BCUT2D eigenvalue weighted by Gasteiger charge is 2.11. The lowest BCUT2D eigenvalue weighted by atomic mass is 10.2. The van der Waals surface area contributed by atoms with Crippen molar-refractivity contribution in [2.75, 3.05) is 25.6 Å². The van der Waals surface area contributed by atoms with Crippen molar-refractivity contribution in [3.05, 3.63) is 29.8 Å². The zero-order valence-corrected chi connectivity index (χ0v) is 16.0. The van der Waals surface area contributed by atoms with Crippen LogP contribution < -0.4 is 15.4 Å². The third kappa shape index (κ3) is 8.76. The van der Waals surface area contributed by atoms with E-state index >= 15 is 0 Å². The summed E-state index contributed by atoms with van der Waals surface area (Å²) in [5, 5.41) is 6.38. The maximum absolute atomic E-state index is 11.2. The number of ether oxygens (including phenoxy) is 1. The molecule has 6 nitrogen and oxygen atoms in total. The van der Waals surface area contributed by atoms with Crippen LogP contribution in [0.15, 0.2) is 29.3 Å². The summed E-state index contributed by atoms with van der Waals surface area (Å²) in [6.07, 6.45) is 1.75. The summed E-state index contributed by atoms with van der Waals surface area (Å²) < 4.78 is 28.3. The quantitative estimate of drug-likeness (QED) is 0.549. The first-order valence-corrected chi connectivity index (χ1v) is 10.1. The molecule has 0 fully saturated rings. The maximum atomic E-state index is 11.2. The molecule has 2 unspecified atom stereocenters. The average Bonchev–Trinajstić information content (AvgIpc) is 2.51. The first-order chi connectivity index (χ1) is 11.2. The van der Waals surface area contributed by atoms with Crippen LogP contribution in [0.4, 0.5) is 0 Å². The highest BCUT2D eigenvalue weighted by Crippen LogP contribution is 2.12. The van der Waals surface area contributed by atoms with Crippen molar-refractivity contribution in [1.29, 1.82) is 0 Å². The van der Waals surface area contributed by atoms with E-state index in [1.54, 1.807) is 7.05 Å². The first-order valence-electron chi connectivity index (χ1n) is 8.08. The molecular formula is C17H29N3O3S. The summed E-state index contributed by atoms with van der Waals surface area (Å²) in [5.74, 6) is 1.63. The molecule has 1 aromatic carbocycles. The third-order valence-corrected chi connectivity index (χ3v) is 4.42. The Morgan fingerprint density at radius 2 is 1.88 bits per heavy atom. The molecule has 7 heteroatoms. The van der Waals surface area contributed by atoms with E-state index in [1.807, 2.05) is 45.0 Å². The summed E-state index contributed by atoms with van der Waals surface area (Å²) in [5.41, 5.74) is 1.20. The van der Waals surface area contributed by atoms with Crippen LogP contribution in [0.5, 0.6) is 5.75 Å². The lowest BCUT2D eigenvalue weighted by Crippen LogP contribution is -2.45. The Balaban J connectivity index is 2.38. The van der Waals surface area contributed by atoms with Gasteiger partial charge in [-0.2, -0.15) is 0 Å². The van der Waals surface area contributed by atoms with E-state index in [2.05, 4.69) is 15.6 Å². The topological polar surface area (TPSA) is 79.8 Å². The Labute approximate surface area is 145 Å². The molecular weight excluding hydrogens is 326 g/mol. The second kappa shape index (κ2) is 9.52. The van der Waals surface area contributed by atoms with Crippen molar-refractivity contribution < 1.29 is 13.2 Å². The summed E-state index contributed by atoms with van der Waals surface area (Å²) in [6.45, 7) is 6.54. The van der Waals surface area contributed by atoms with Crippen LogP contribution in [0.2, 0.25) is 0 Å². The van der Waals surface area contributed by atoms with Gasteiger partial charge in [0.05, 0.1) is 12.3 Å². The second-order valence-corrected chi connectivity index (χ2v) is 8.42. The van der Waals surface area contributed by atoms with Crippen LogP contribution in [-0.2, 0) is 9.84 Å². The van der Waals surface area contributed by atoms with Gasteiger partial charge in [0.15, 0.2) is 5.96 Å². The van der Waals surface area contributed by atoms with E-state index in [0.29, 0.717) is 18.9 Å². The number of rotatable bonds is 8. The SMILES string of the molecule is CN=C(NCC(C)Oc1ccc(C)cc1)NC(C)CCS(C)(=O)=O. The Bertz CT molecular complexity index is 627. The zero-order chi connectivity index (χ0) is 18.2. The van der Waals surface area contributed by atoms with Crippen LogP contribution in [0.25, 0.3) is 0 Å². The van der Waals surface area contributed by atoms with E-state index in [9.17, 15) is 8.42 Å². The van der Waals surface area contributed by atoms with Crippen molar-refractivity contribution >= 4 is 15.8 Å². The monoisotopic (exact) mass is 355 g/mol. The highest BCUT2D eigenvalue weighted by molar-refractivity contribution is 7.90. The van der Waals surface area contributed by atoms with Gasteiger partial charge in [0.2, 0.25) is 0 Å². The number of sulfone groups is 1. The molecule has 0 amide bonds. The van der Waals surface area contributed by atoms with Gasteiger partial charge < -0.3 is 15.4 Å². The second-order valence-electron chi connectivity index (χ2n) is 6.16. The Morgan fingerprint density at radius 3 is 2.42 bits per heavy atom. The molecule has 0 bridgehead atoms. The van der Waals surface area contributed by atoms with Crippen molar-refractivity contribution in [3.63, 3.8) is 0 Å². The average molecular weight is 356 g/mol. The fraction of sp³-hybridized carbons (Fsp3) is 0.588. The predicted octanol–water partition coefficient (Wildman–Crippen LogP) is 1.75. The lowest BCUT2D eigenvalue weighted by Gasteiger charge is -2.20. The number of guanidine groups is 1. The molecule has 0 radical (unpaired) electrons. The number of benzene rings is 1. The molecule has 0 aromatic heterocycles. The van der Waals surface area contributed by atoms with E-state index < -0.39 is 9.84 Å². The van der Waals surface area contributed by atoms with Crippen molar-refractivity contribution in [2.45, 2.75) is 39.3 Å². The molecule has 24 heavy (non-hydrogen) atoms. The highest BCUT2D eigenvalue weighted by atomic mass is 32.2. The fourth-order valence-electron chi connectivity index (χ4n) is 2.02. The fourth-order valence-corrected chi connectivity index (χ4v) is 2.80. The molecule has 0 aliphatic rings. The predicted molar refractivity (Wildman–Crippen MR) is 99.6 cm³/mol. The van der Waals surface area contributed by atoms with Gasteiger partial charge in [-0.25, -0.2) is 8.42 Å². The number of nitrogens with zero attached hydrogens (tertiary/aromatic N) is 1. The number of aryl methyl sites for hydroxylation is 1. The van der Waals surface area contributed by atoms with Gasteiger partial charge in [-0.05, 0) is 39.3 Å². The van der Waals surface area contributed by atoms with Gasteiger partial charge in [-0.15, -0.1) is 0 Å². The Hall–Kier alpha value is -1.76.